The zero-order valence-corrected chi connectivity index (χ0v) is 10.7. The molecule has 2 nitrogen and oxygen atoms in total. The Balaban J connectivity index is 2.67. The SMILES string of the molecule is CCCC(C)Oc1ccc(I)cc1N. The van der Waals surface area contributed by atoms with Gasteiger partial charge in [-0.25, -0.2) is 0 Å². The number of rotatable bonds is 4. The maximum Gasteiger partial charge on any atom is 0.142 e. The second-order valence-electron chi connectivity index (χ2n) is 3.40. The second-order valence-corrected chi connectivity index (χ2v) is 4.64. The van der Waals surface area contributed by atoms with Crippen molar-refractivity contribution < 1.29 is 4.74 Å². The maximum absolute atomic E-state index is 5.84. The molecule has 1 aromatic rings. The van der Waals surface area contributed by atoms with E-state index in [-0.39, 0.29) is 6.10 Å². The fraction of sp³-hybridized carbons (Fsp3) is 0.455. The van der Waals surface area contributed by atoms with E-state index in [1.54, 1.807) is 0 Å². The van der Waals surface area contributed by atoms with Crippen LogP contribution in [0.25, 0.3) is 0 Å². The normalized spacial score (nSPS) is 12.5. The first kappa shape index (κ1) is 11.6. The molecule has 0 aromatic heterocycles. The molecule has 0 heterocycles. The summed E-state index contributed by atoms with van der Waals surface area (Å²) >= 11 is 2.24. The lowest BCUT2D eigenvalue weighted by atomic mass is 10.2. The van der Waals surface area contributed by atoms with Crippen molar-refractivity contribution in [3.63, 3.8) is 0 Å². The molecule has 3 heteroatoms. The Labute approximate surface area is 99.0 Å². The lowest BCUT2D eigenvalue weighted by Crippen LogP contribution is -2.12. The summed E-state index contributed by atoms with van der Waals surface area (Å²) in [6, 6.07) is 5.86. The molecule has 0 spiro atoms. The third-order valence-corrected chi connectivity index (χ3v) is 2.67. The molecule has 1 atom stereocenters. The van der Waals surface area contributed by atoms with Gasteiger partial charge in [0.25, 0.3) is 0 Å². The van der Waals surface area contributed by atoms with Crippen LogP contribution in [0.1, 0.15) is 26.7 Å². The number of halogens is 1. The molecule has 1 unspecified atom stereocenters. The van der Waals surface area contributed by atoms with Crippen molar-refractivity contribution >= 4 is 28.3 Å². The number of nitrogen functional groups attached to an aromatic ring is 1. The van der Waals surface area contributed by atoms with Gasteiger partial charge in [0, 0.05) is 3.57 Å². The Morgan fingerprint density at radius 2 is 2.21 bits per heavy atom. The predicted molar refractivity (Wildman–Crippen MR) is 68.6 cm³/mol. The van der Waals surface area contributed by atoms with Crippen LogP contribution in [-0.2, 0) is 0 Å². The first-order valence-corrected chi connectivity index (χ1v) is 5.93. The van der Waals surface area contributed by atoms with E-state index in [2.05, 4.69) is 36.4 Å². The summed E-state index contributed by atoms with van der Waals surface area (Å²) in [6.07, 6.45) is 2.43. The fourth-order valence-electron chi connectivity index (χ4n) is 1.31. The number of anilines is 1. The van der Waals surface area contributed by atoms with Crippen molar-refractivity contribution in [3.8, 4) is 5.75 Å². The summed E-state index contributed by atoms with van der Waals surface area (Å²) < 4.78 is 6.85. The van der Waals surface area contributed by atoms with Gasteiger partial charge in [-0.2, -0.15) is 0 Å². The average molecular weight is 305 g/mol. The van der Waals surface area contributed by atoms with Gasteiger partial charge in [-0.15, -0.1) is 0 Å². The molecule has 0 aliphatic rings. The van der Waals surface area contributed by atoms with Crippen LogP contribution in [0, 0.1) is 3.57 Å². The van der Waals surface area contributed by atoms with E-state index in [9.17, 15) is 0 Å². The van der Waals surface area contributed by atoms with Crippen molar-refractivity contribution in [3.05, 3.63) is 21.8 Å². The molecule has 0 aliphatic heterocycles. The molecular formula is C11H16INO. The number of nitrogens with two attached hydrogens (primary N) is 1. The quantitative estimate of drug-likeness (QED) is 0.683. The van der Waals surface area contributed by atoms with E-state index in [0.29, 0.717) is 0 Å². The lowest BCUT2D eigenvalue weighted by Gasteiger charge is -2.15. The van der Waals surface area contributed by atoms with Gasteiger partial charge in [-0.3, -0.25) is 0 Å². The third kappa shape index (κ3) is 3.36. The van der Waals surface area contributed by atoms with Gasteiger partial charge in [0.1, 0.15) is 5.75 Å². The van der Waals surface area contributed by atoms with Gasteiger partial charge in [0.15, 0.2) is 0 Å². The fourth-order valence-corrected chi connectivity index (χ4v) is 1.82. The molecule has 0 fully saturated rings. The van der Waals surface area contributed by atoms with Crippen molar-refractivity contribution in [2.75, 3.05) is 5.73 Å². The van der Waals surface area contributed by atoms with Gasteiger partial charge < -0.3 is 10.5 Å². The summed E-state index contributed by atoms with van der Waals surface area (Å²) in [6.45, 7) is 4.22. The maximum atomic E-state index is 5.84. The molecule has 1 aromatic carbocycles. The minimum absolute atomic E-state index is 0.238. The first-order chi connectivity index (χ1) is 6.63. The average Bonchev–Trinajstić information content (AvgIpc) is 2.10. The van der Waals surface area contributed by atoms with Crippen molar-refractivity contribution in [2.24, 2.45) is 0 Å². The standard InChI is InChI=1S/C11H16INO/c1-3-4-8(2)14-11-6-5-9(12)7-10(11)13/h5-8H,3-4,13H2,1-2H3. The predicted octanol–water partition coefficient (Wildman–Crippen LogP) is 3.44. The molecule has 14 heavy (non-hydrogen) atoms. The van der Waals surface area contributed by atoms with Gasteiger partial charge >= 0.3 is 0 Å². The zero-order chi connectivity index (χ0) is 10.6. The van der Waals surface area contributed by atoms with Crippen LogP contribution >= 0.6 is 22.6 Å². The van der Waals surface area contributed by atoms with E-state index < -0.39 is 0 Å². The molecule has 0 radical (unpaired) electrons. The Morgan fingerprint density at radius 3 is 2.79 bits per heavy atom. The van der Waals surface area contributed by atoms with Crippen LogP contribution in [-0.4, -0.2) is 6.10 Å². The van der Waals surface area contributed by atoms with Gasteiger partial charge in [0.2, 0.25) is 0 Å². The topological polar surface area (TPSA) is 35.2 Å². The van der Waals surface area contributed by atoms with Gasteiger partial charge in [-0.1, -0.05) is 13.3 Å². The third-order valence-electron chi connectivity index (χ3n) is 2.00. The van der Waals surface area contributed by atoms with Crippen LogP contribution < -0.4 is 10.5 Å². The first-order valence-electron chi connectivity index (χ1n) is 4.85. The highest BCUT2D eigenvalue weighted by Gasteiger charge is 2.05. The molecular weight excluding hydrogens is 289 g/mol. The summed E-state index contributed by atoms with van der Waals surface area (Å²) in [7, 11) is 0. The molecule has 78 valence electrons. The summed E-state index contributed by atoms with van der Waals surface area (Å²) in [5.41, 5.74) is 6.56. The zero-order valence-electron chi connectivity index (χ0n) is 8.59. The van der Waals surface area contributed by atoms with Crippen LogP contribution in [0.3, 0.4) is 0 Å². The van der Waals surface area contributed by atoms with E-state index in [1.807, 2.05) is 18.2 Å². The Kier molecular flexibility index (Phi) is 4.51. The van der Waals surface area contributed by atoms with Crippen molar-refractivity contribution in [1.82, 2.24) is 0 Å². The van der Waals surface area contributed by atoms with Crippen LogP contribution in [0.4, 0.5) is 5.69 Å². The summed E-state index contributed by atoms with van der Waals surface area (Å²) in [5, 5.41) is 0. The highest BCUT2D eigenvalue weighted by Crippen LogP contribution is 2.24. The Morgan fingerprint density at radius 1 is 1.50 bits per heavy atom. The molecule has 0 amide bonds. The van der Waals surface area contributed by atoms with Crippen LogP contribution in [0.2, 0.25) is 0 Å². The minimum Gasteiger partial charge on any atom is -0.489 e. The number of benzene rings is 1. The number of ether oxygens (including phenoxy) is 1. The Bertz CT molecular complexity index is 301. The van der Waals surface area contributed by atoms with Gasteiger partial charge in [-0.05, 0) is 54.1 Å². The van der Waals surface area contributed by atoms with E-state index >= 15 is 0 Å². The molecule has 0 bridgehead atoms. The summed E-state index contributed by atoms with van der Waals surface area (Å²) in [4.78, 5) is 0. The molecule has 0 aliphatic carbocycles. The van der Waals surface area contributed by atoms with Crippen molar-refractivity contribution in [1.29, 1.82) is 0 Å². The Hall–Kier alpha value is -0.450. The molecule has 0 saturated heterocycles. The van der Waals surface area contributed by atoms with Crippen molar-refractivity contribution in [2.45, 2.75) is 32.8 Å². The van der Waals surface area contributed by atoms with Crippen LogP contribution in [0.15, 0.2) is 18.2 Å². The smallest absolute Gasteiger partial charge is 0.142 e. The van der Waals surface area contributed by atoms with Crippen LogP contribution in [0.5, 0.6) is 5.75 Å². The highest BCUT2D eigenvalue weighted by molar-refractivity contribution is 14.1. The second kappa shape index (κ2) is 5.44. The monoisotopic (exact) mass is 305 g/mol. The van der Waals surface area contributed by atoms with E-state index in [0.717, 1.165) is 27.8 Å². The number of hydrogen-bond donors (Lipinski definition) is 1. The highest BCUT2D eigenvalue weighted by atomic mass is 127. The van der Waals surface area contributed by atoms with Gasteiger partial charge in [0.05, 0.1) is 11.8 Å². The largest absolute Gasteiger partial charge is 0.489 e. The molecule has 1 rings (SSSR count). The molecule has 2 N–H and O–H groups in total. The summed E-state index contributed by atoms with van der Waals surface area (Å²) in [5.74, 6) is 0.798. The number of hydrogen-bond acceptors (Lipinski definition) is 2. The molecule has 0 saturated carbocycles. The van der Waals surface area contributed by atoms with E-state index in [1.165, 1.54) is 0 Å². The lowest BCUT2D eigenvalue weighted by molar-refractivity contribution is 0.211. The minimum atomic E-state index is 0.238. The van der Waals surface area contributed by atoms with E-state index in [4.69, 9.17) is 10.5 Å².